The molecule has 2 rings (SSSR count). The van der Waals surface area contributed by atoms with Gasteiger partial charge in [-0.2, -0.15) is 0 Å². The van der Waals surface area contributed by atoms with Crippen molar-refractivity contribution in [3.05, 3.63) is 35.3 Å². The second-order valence-corrected chi connectivity index (χ2v) is 4.82. The van der Waals surface area contributed by atoms with Crippen LogP contribution < -0.4 is 5.32 Å². The van der Waals surface area contributed by atoms with E-state index < -0.39 is 0 Å². The number of amides is 1. The van der Waals surface area contributed by atoms with E-state index in [1.165, 1.54) is 6.92 Å². The Balaban J connectivity index is 2.36. The van der Waals surface area contributed by atoms with Gasteiger partial charge in [-0.25, -0.2) is 4.39 Å². The fourth-order valence-electron chi connectivity index (χ4n) is 1.99. The number of H-pyrrole nitrogens is 1. The molecule has 0 saturated heterocycles. The number of nitrogens with one attached hydrogen (secondary N) is 2. The Morgan fingerprint density at radius 1 is 1.39 bits per heavy atom. The Kier molecular flexibility index (Phi) is 3.36. The molecule has 0 bridgehead atoms. The summed E-state index contributed by atoms with van der Waals surface area (Å²) in [6.07, 6.45) is 0. The van der Waals surface area contributed by atoms with Crippen molar-refractivity contribution >= 4 is 16.8 Å². The summed E-state index contributed by atoms with van der Waals surface area (Å²) in [5.74, 6) is -0.109. The Labute approximate surface area is 105 Å². The number of rotatable bonds is 3. The van der Waals surface area contributed by atoms with Gasteiger partial charge in [-0.05, 0) is 29.7 Å². The third kappa shape index (κ3) is 2.53. The van der Waals surface area contributed by atoms with Gasteiger partial charge in [-0.3, -0.25) is 4.79 Å². The molecule has 1 amide bonds. The summed E-state index contributed by atoms with van der Waals surface area (Å²) in [6.45, 7) is 5.83. The minimum Gasteiger partial charge on any atom is -0.357 e. The van der Waals surface area contributed by atoms with Gasteiger partial charge in [0.25, 0.3) is 0 Å². The van der Waals surface area contributed by atoms with Gasteiger partial charge in [-0.1, -0.05) is 13.8 Å². The zero-order valence-electron chi connectivity index (χ0n) is 10.8. The summed E-state index contributed by atoms with van der Waals surface area (Å²) in [4.78, 5) is 14.0. The van der Waals surface area contributed by atoms with Crippen LogP contribution in [-0.4, -0.2) is 10.9 Å². The van der Waals surface area contributed by atoms with Gasteiger partial charge in [0.1, 0.15) is 5.82 Å². The quantitative estimate of drug-likeness (QED) is 0.861. The number of aromatic nitrogens is 1. The van der Waals surface area contributed by atoms with Gasteiger partial charge >= 0.3 is 0 Å². The summed E-state index contributed by atoms with van der Waals surface area (Å²) in [5, 5.41) is 3.54. The number of fused-ring (bicyclic) bond motifs is 1. The van der Waals surface area contributed by atoms with Crippen LogP contribution in [0.3, 0.4) is 0 Å². The molecular formula is C14H17FN2O. The van der Waals surface area contributed by atoms with E-state index in [2.05, 4.69) is 10.3 Å². The maximum atomic E-state index is 13.8. The van der Waals surface area contributed by atoms with Crippen LogP contribution in [0.5, 0.6) is 0 Å². The van der Waals surface area contributed by atoms with Crippen LogP contribution in [-0.2, 0) is 11.3 Å². The van der Waals surface area contributed by atoms with E-state index in [-0.39, 0.29) is 17.6 Å². The fourth-order valence-corrected chi connectivity index (χ4v) is 1.99. The van der Waals surface area contributed by atoms with Crippen molar-refractivity contribution in [2.24, 2.45) is 0 Å². The van der Waals surface area contributed by atoms with Crippen LogP contribution >= 0.6 is 0 Å². The first kappa shape index (κ1) is 12.6. The Hall–Kier alpha value is -1.84. The minimum atomic E-state index is -0.178. The number of halogens is 1. The highest BCUT2D eigenvalue weighted by molar-refractivity contribution is 5.81. The van der Waals surface area contributed by atoms with Crippen LogP contribution in [0.4, 0.5) is 4.39 Å². The largest absolute Gasteiger partial charge is 0.357 e. The molecule has 0 spiro atoms. The van der Waals surface area contributed by atoms with E-state index in [0.29, 0.717) is 12.1 Å². The Morgan fingerprint density at radius 2 is 2.11 bits per heavy atom. The predicted octanol–water partition coefficient (Wildman–Crippen LogP) is 3.07. The summed E-state index contributed by atoms with van der Waals surface area (Å²) >= 11 is 0. The normalized spacial score (nSPS) is 11.2. The van der Waals surface area contributed by atoms with Gasteiger partial charge in [0, 0.05) is 23.5 Å². The van der Waals surface area contributed by atoms with Crippen molar-refractivity contribution in [1.29, 1.82) is 0 Å². The van der Waals surface area contributed by atoms with Gasteiger partial charge in [0.2, 0.25) is 5.91 Å². The van der Waals surface area contributed by atoms with E-state index in [4.69, 9.17) is 0 Å². The number of aromatic amines is 1. The average molecular weight is 248 g/mol. The highest BCUT2D eigenvalue weighted by atomic mass is 19.1. The predicted molar refractivity (Wildman–Crippen MR) is 69.9 cm³/mol. The summed E-state index contributed by atoms with van der Waals surface area (Å²) in [6, 6.07) is 5.24. The molecule has 0 unspecified atom stereocenters. The summed E-state index contributed by atoms with van der Waals surface area (Å²) < 4.78 is 13.8. The first-order chi connectivity index (χ1) is 8.47. The van der Waals surface area contributed by atoms with Crippen molar-refractivity contribution in [1.82, 2.24) is 10.3 Å². The number of carbonyl (C=O) groups excluding carboxylic acids is 1. The monoisotopic (exact) mass is 248 g/mol. The molecule has 4 heteroatoms. The highest BCUT2D eigenvalue weighted by Gasteiger charge is 2.10. The van der Waals surface area contributed by atoms with E-state index in [0.717, 1.165) is 16.6 Å². The van der Waals surface area contributed by atoms with Crippen LogP contribution in [0.2, 0.25) is 0 Å². The molecule has 0 aliphatic heterocycles. The molecule has 1 aromatic carbocycles. The molecule has 1 heterocycles. The van der Waals surface area contributed by atoms with Crippen LogP contribution in [0.25, 0.3) is 10.9 Å². The maximum absolute atomic E-state index is 13.8. The van der Waals surface area contributed by atoms with Crippen molar-refractivity contribution in [3.8, 4) is 0 Å². The van der Waals surface area contributed by atoms with Crippen LogP contribution in [0.15, 0.2) is 18.2 Å². The summed E-state index contributed by atoms with van der Waals surface area (Å²) in [7, 11) is 0. The van der Waals surface area contributed by atoms with Crippen LogP contribution in [0, 0.1) is 5.82 Å². The molecule has 2 N–H and O–H groups in total. The fraction of sp³-hybridized carbons (Fsp3) is 0.357. The van der Waals surface area contributed by atoms with Crippen molar-refractivity contribution < 1.29 is 9.18 Å². The minimum absolute atomic E-state index is 0.0808. The number of carbonyl (C=O) groups is 1. The van der Waals surface area contributed by atoms with Crippen molar-refractivity contribution in [3.63, 3.8) is 0 Å². The molecule has 0 aliphatic rings. The molecular weight excluding hydrogens is 231 g/mol. The lowest BCUT2D eigenvalue weighted by molar-refractivity contribution is -0.119. The average Bonchev–Trinajstić information content (AvgIpc) is 2.66. The topological polar surface area (TPSA) is 44.9 Å². The SMILES string of the molecule is CC(=O)NCc1cc2cc(F)c(C(C)C)cc2[nH]1. The molecule has 18 heavy (non-hydrogen) atoms. The zero-order chi connectivity index (χ0) is 13.3. The lowest BCUT2D eigenvalue weighted by Crippen LogP contribution is -2.18. The van der Waals surface area contributed by atoms with Crippen LogP contribution in [0.1, 0.15) is 37.9 Å². The van der Waals surface area contributed by atoms with Gasteiger partial charge in [-0.15, -0.1) is 0 Å². The van der Waals surface area contributed by atoms with Crippen molar-refractivity contribution in [2.75, 3.05) is 0 Å². The maximum Gasteiger partial charge on any atom is 0.217 e. The van der Waals surface area contributed by atoms with Gasteiger partial charge < -0.3 is 10.3 Å². The zero-order valence-corrected chi connectivity index (χ0v) is 10.8. The lowest BCUT2D eigenvalue weighted by Gasteiger charge is -2.06. The van der Waals surface area contributed by atoms with Crippen molar-refractivity contribution in [2.45, 2.75) is 33.2 Å². The first-order valence-electron chi connectivity index (χ1n) is 6.03. The highest BCUT2D eigenvalue weighted by Crippen LogP contribution is 2.25. The summed E-state index contributed by atoms with van der Waals surface area (Å²) in [5.41, 5.74) is 2.48. The number of hydrogen-bond donors (Lipinski definition) is 2. The van der Waals surface area contributed by atoms with E-state index in [1.54, 1.807) is 6.07 Å². The van der Waals surface area contributed by atoms with E-state index in [9.17, 15) is 9.18 Å². The third-order valence-corrected chi connectivity index (χ3v) is 2.94. The standard InChI is InChI=1S/C14H17FN2O/c1-8(2)12-6-14-10(5-13(12)15)4-11(17-14)7-16-9(3)18/h4-6,8,17H,7H2,1-3H3,(H,16,18). The molecule has 2 aromatic rings. The number of hydrogen-bond acceptors (Lipinski definition) is 1. The smallest absolute Gasteiger partial charge is 0.217 e. The second kappa shape index (κ2) is 4.80. The lowest BCUT2D eigenvalue weighted by atomic mass is 10.0. The van der Waals surface area contributed by atoms with Gasteiger partial charge in [0.15, 0.2) is 0 Å². The molecule has 0 saturated carbocycles. The first-order valence-corrected chi connectivity index (χ1v) is 6.03. The third-order valence-electron chi connectivity index (χ3n) is 2.94. The van der Waals surface area contributed by atoms with E-state index >= 15 is 0 Å². The molecule has 0 radical (unpaired) electrons. The molecule has 3 nitrogen and oxygen atoms in total. The molecule has 1 aromatic heterocycles. The molecule has 96 valence electrons. The molecule has 0 atom stereocenters. The molecule has 0 aliphatic carbocycles. The number of benzene rings is 1. The van der Waals surface area contributed by atoms with E-state index in [1.807, 2.05) is 26.0 Å². The molecule has 0 fully saturated rings. The Morgan fingerprint density at radius 3 is 2.72 bits per heavy atom. The second-order valence-electron chi connectivity index (χ2n) is 4.82. The van der Waals surface area contributed by atoms with Gasteiger partial charge in [0.05, 0.1) is 6.54 Å². The Bertz CT molecular complexity index is 587.